The van der Waals surface area contributed by atoms with E-state index in [1.807, 2.05) is 19.9 Å². The lowest BCUT2D eigenvalue weighted by molar-refractivity contribution is 0.413. The second-order valence-electron chi connectivity index (χ2n) is 4.35. The van der Waals surface area contributed by atoms with Crippen LogP contribution in [-0.4, -0.2) is 17.1 Å². The molecule has 0 amide bonds. The van der Waals surface area contributed by atoms with Crippen LogP contribution in [0.3, 0.4) is 0 Å². The van der Waals surface area contributed by atoms with Crippen LogP contribution >= 0.6 is 0 Å². The van der Waals surface area contributed by atoms with E-state index >= 15 is 0 Å². The van der Waals surface area contributed by atoms with E-state index in [9.17, 15) is 0 Å². The van der Waals surface area contributed by atoms with Crippen molar-refractivity contribution in [2.75, 3.05) is 12.4 Å². The number of hydrogen-bond donors (Lipinski definition) is 2. The maximum absolute atomic E-state index is 5.54. The quantitative estimate of drug-likeness (QED) is 0.880. The van der Waals surface area contributed by atoms with Crippen molar-refractivity contribution in [1.29, 1.82) is 0 Å². The van der Waals surface area contributed by atoms with Crippen molar-refractivity contribution in [3.8, 4) is 5.75 Å². The first-order valence-electron chi connectivity index (χ1n) is 6.08. The normalized spacial score (nSPS) is 10.3. The molecule has 0 saturated carbocycles. The number of benzene rings is 1. The zero-order chi connectivity index (χ0) is 13.8. The Morgan fingerprint density at radius 1 is 1.32 bits per heavy atom. The van der Waals surface area contributed by atoms with Crippen LogP contribution in [0.4, 0.5) is 11.5 Å². The molecule has 0 saturated heterocycles. The summed E-state index contributed by atoms with van der Waals surface area (Å²) in [5.74, 6) is 2.13. The third-order valence-electron chi connectivity index (χ3n) is 2.77. The highest BCUT2D eigenvalue weighted by Gasteiger charge is 2.08. The first-order chi connectivity index (χ1) is 9.13. The molecule has 0 spiro atoms. The standard InChI is InChI=1S/C14H18N4O/c1-9-6-10(2)14(19-3)11(7-9)17-12-4-5-16-13(8-15)18-12/h4-7H,8,15H2,1-3H3,(H,16,17,18). The molecule has 0 fully saturated rings. The monoisotopic (exact) mass is 258 g/mol. The first kappa shape index (κ1) is 13.3. The number of hydrogen-bond acceptors (Lipinski definition) is 5. The zero-order valence-corrected chi connectivity index (χ0v) is 11.4. The summed E-state index contributed by atoms with van der Waals surface area (Å²) < 4.78 is 5.43. The van der Waals surface area contributed by atoms with Crippen molar-refractivity contribution >= 4 is 11.5 Å². The minimum atomic E-state index is 0.319. The van der Waals surface area contributed by atoms with Crippen molar-refractivity contribution < 1.29 is 4.74 Å². The highest BCUT2D eigenvalue weighted by molar-refractivity contribution is 5.67. The molecule has 1 heterocycles. The van der Waals surface area contributed by atoms with Crippen LogP contribution in [-0.2, 0) is 6.54 Å². The van der Waals surface area contributed by atoms with Crippen molar-refractivity contribution in [2.45, 2.75) is 20.4 Å². The SMILES string of the molecule is COc1c(C)cc(C)cc1Nc1ccnc(CN)n1. The second-order valence-corrected chi connectivity index (χ2v) is 4.35. The Balaban J connectivity index is 2.36. The molecule has 3 N–H and O–H groups in total. The molecule has 0 aliphatic heterocycles. The average Bonchev–Trinajstić information content (AvgIpc) is 2.38. The van der Waals surface area contributed by atoms with Gasteiger partial charge in [-0.2, -0.15) is 0 Å². The van der Waals surface area contributed by atoms with E-state index in [4.69, 9.17) is 10.5 Å². The van der Waals surface area contributed by atoms with Gasteiger partial charge in [0.2, 0.25) is 0 Å². The fraction of sp³-hybridized carbons (Fsp3) is 0.286. The topological polar surface area (TPSA) is 73.1 Å². The minimum absolute atomic E-state index is 0.319. The van der Waals surface area contributed by atoms with Crippen molar-refractivity contribution in [1.82, 2.24) is 9.97 Å². The smallest absolute Gasteiger partial charge is 0.145 e. The largest absolute Gasteiger partial charge is 0.494 e. The van der Waals surface area contributed by atoms with Gasteiger partial charge in [0.1, 0.15) is 17.4 Å². The molecule has 1 aromatic heterocycles. The van der Waals surface area contributed by atoms with Gasteiger partial charge < -0.3 is 15.8 Å². The molecule has 2 aromatic rings. The van der Waals surface area contributed by atoms with Gasteiger partial charge in [-0.25, -0.2) is 9.97 Å². The molecule has 1 aromatic carbocycles. The number of anilines is 2. The number of nitrogens with zero attached hydrogens (tertiary/aromatic N) is 2. The van der Waals surface area contributed by atoms with Gasteiger partial charge in [-0.05, 0) is 37.1 Å². The summed E-state index contributed by atoms with van der Waals surface area (Å²) in [4.78, 5) is 8.39. The number of nitrogens with one attached hydrogen (secondary N) is 1. The molecule has 0 unspecified atom stereocenters. The van der Waals surface area contributed by atoms with Gasteiger partial charge in [-0.3, -0.25) is 0 Å². The first-order valence-corrected chi connectivity index (χ1v) is 6.08. The molecule has 5 nitrogen and oxygen atoms in total. The Labute approximate surface area is 112 Å². The fourth-order valence-electron chi connectivity index (χ4n) is 2.02. The third kappa shape index (κ3) is 3.00. The summed E-state index contributed by atoms with van der Waals surface area (Å²) in [7, 11) is 1.66. The maximum atomic E-state index is 5.54. The van der Waals surface area contributed by atoms with Gasteiger partial charge in [0, 0.05) is 6.20 Å². The van der Waals surface area contributed by atoms with Crippen LogP contribution in [0.5, 0.6) is 5.75 Å². The van der Waals surface area contributed by atoms with Crippen molar-refractivity contribution in [3.63, 3.8) is 0 Å². The average molecular weight is 258 g/mol. The van der Waals surface area contributed by atoms with Crippen LogP contribution < -0.4 is 15.8 Å². The highest BCUT2D eigenvalue weighted by atomic mass is 16.5. The summed E-state index contributed by atoms with van der Waals surface area (Å²) in [6.45, 7) is 4.38. The molecule has 5 heteroatoms. The van der Waals surface area contributed by atoms with Gasteiger partial charge in [0.25, 0.3) is 0 Å². The van der Waals surface area contributed by atoms with Crippen LogP contribution in [0.15, 0.2) is 24.4 Å². The number of methoxy groups -OCH3 is 1. The number of rotatable bonds is 4. The predicted octanol–water partition coefficient (Wildman–Crippen LogP) is 2.30. The Hall–Kier alpha value is -2.14. The summed E-state index contributed by atoms with van der Waals surface area (Å²) in [5, 5.41) is 3.25. The van der Waals surface area contributed by atoms with E-state index in [0.717, 1.165) is 22.6 Å². The van der Waals surface area contributed by atoms with E-state index in [1.165, 1.54) is 0 Å². The lowest BCUT2D eigenvalue weighted by atomic mass is 10.1. The van der Waals surface area contributed by atoms with Gasteiger partial charge in [0.05, 0.1) is 19.3 Å². The summed E-state index contributed by atoms with van der Waals surface area (Å²) in [6.07, 6.45) is 1.69. The maximum Gasteiger partial charge on any atom is 0.145 e. The number of aryl methyl sites for hydroxylation is 2. The summed E-state index contributed by atoms with van der Waals surface area (Å²) >= 11 is 0. The number of aromatic nitrogens is 2. The molecule has 0 aliphatic rings. The second kappa shape index (κ2) is 5.67. The van der Waals surface area contributed by atoms with Crippen LogP contribution in [0.25, 0.3) is 0 Å². The molecule has 2 rings (SSSR count). The molecule has 0 bridgehead atoms. The Kier molecular flexibility index (Phi) is 3.97. The Bertz CT molecular complexity index is 584. The molecule has 0 atom stereocenters. The summed E-state index contributed by atoms with van der Waals surface area (Å²) in [6, 6.07) is 5.90. The van der Waals surface area contributed by atoms with Gasteiger partial charge in [0.15, 0.2) is 0 Å². The Morgan fingerprint density at radius 2 is 2.11 bits per heavy atom. The van der Waals surface area contributed by atoms with E-state index < -0.39 is 0 Å². The minimum Gasteiger partial charge on any atom is -0.494 e. The summed E-state index contributed by atoms with van der Waals surface area (Å²) in [5.41, 5.74) is 8.67. The van der Waals surface area contributed by atoms with E-state index in [-0.39, 0.29) is 0 Å². The van der Waals surface area contributed by atoms with Crippen LogP contribution in [0.2, 0.25) is 0 Å². The van der Waals surface area contributed by atoms with Gasteiger partial charge in [-0.1, -0.05) is 6.07 Å². The van der Waals surface area contributed by atoms with E-state index in [2.05, 4.69) is 21.4 Å². The zero-order valence-electron chi connectivity index (χ0n) is 11.4. The van der Waals surface area contributed by atoms with Crippen molar-refractivity contribution in [3.05, 3.63) is 41.3 Å². The predicted molar refractivity (Wildman–Crippen MR) is 75.7 cm³/mol. The van der Waals surface area contributed by atoms with Crippen LogP contribution in [0.1, 0.15) is 17.0 Å². The number of ether oxygens (including phenoxy) is 1. The van der Waals surface area contributed by atoms with E-state index in [1.54, 1.807) is 19.4 Å². The molecule has 100 valence electrons. The lowest BCUT2D eigenvalue weighted by Crippen LogP contribution is -2.05. The molecule has 19 heavy (non-hydrogen) atoms. The molecular weight excluding hydrogens is 240 g/mol. The van der Waals surface area contributed by atoms with Crippen molar-refractivity contribution in [2.24, 2.45) is 5.73 Å². The Morgan fingerprint density at radius 3 is 2.79 bits per heavy atom. The van der Waals surface area contributed by atoms with Gasteiger partial charge in [-0.15, -0.1) is 0 Å². The van der Waals surface area contributed by atoms with Crippen LogP contribution in [0, 0.1) is 13.8 Å². The van der Waals surface area contributed by atoms with E-state index in [0.29, 0.717) is 18.2 Å². The lowest BCUT2D eigenvalue weighted by Gasteiger charge is -2.14. The molecule has 0 aliphatic carbocycles. The highest BCUT2D eigenvalue weighted by Crippen LogP contribution is 2.31. The fourth-order valence-corrected chi connectivity index (χ4v) is 2.02. The molecular formula is C14H18N4O. The molecule has 0 radical (unpaired) electrons. The van der Waals surface area contributed by atoms with Gasteiger partial charge >= 0.3 is 0 Å². The number of nitrogens with two attached hydrogens (primary N) is 1. The third-order valence-corrected chi connectivity index (χ3v) is 2.77.